The fourth-order valence-electron chi connectivity index (χ4n) is 1.86. The fourth-order valence-corrected chi connectivity index (χ4v) is 2.69. The topological polar surface area (TPSA) is 80.6 Å². The van der Waals surface area contributed by atoms with Gasteiger partial charge in [0, 0.05) is 12.4 Å². The molecule has 0 amide bonds. The molecule has 0 radical (unpaired) electrons. The number of nitrogens with zero attached hydrogens (tertiary/aromatic N) is 3. The lowest BCUT2D eigenvalue weighted by molar-refractivity contribution is 0.0656. The molecule has 0 atom stereocenters. The average molecular weight is 303 g/mol. The normalized spacial score (nSPS) is 11.4. The Labute approximate surface area is 124 Å². The summed E-state index contributed by atoms with van der Waals surface area (Å²) < 4.78 is 7.02. The Morgan fingerprint density at radius 2 is 2.24 bits per heavy atom. The van der Waals surface area contributed by atoms with Crippen LogP contribution in [-0.4, -0.2) is 25.7 Å². The van der Waals surface area contributed by atoms with Crippen LogP contribution in [0.25, 0.3) is 5.52 Å². The summed E-state index contributed by atoms with van der Waals surface area (Å²) in [6.07, 6.45) is 3.45. The van der Waals surface area contributed by atoms with Crippen molar-refractivity contribution < 1.29 is 14.3 Å². The number of hydrogen-bond donors (Lipinski definition) is 1. The number of hydrogen-bond acceptors (Lipinski definition) is 5. The smallest absolute Gasteiger partial charge is 0.371 e. The summed E-state index contributed by atoms with van der Waals surface area (Å²) in [6.45, 7) is 4.15. The van der Waals surface area contributed by atoms with Gasteiger partial charge in [0.1, 0.15) is 5.03 Å². The van der Waals surface area contributed by atoms with Gasteiger partial charge in [-0.05, 0) is 35.9 Å². The van der Waals surface area contributed by atoms with Gasteiger partial charge >= 0.3 is 5.97 Å². The summed E-state index contributed by atoms with van der Waals surface area (Å²) in [6, 6.07) is 5.04. The number of furan rings is 1. The SMILES string of the molecule is CC(C)c1cc2c(Sc3ccc(C(=O)O)o3)nccn2n1. The van der Waals surface area contributed by atoms with E-state index in [0.29, 0.717) is 11.0 Å². The van der Waals surface area contributed by atoms with Gasteiger partial charge in [0.25, 0.3) is 0 Å². The van der Waals surface area contributed by atoms with Gasteiger partial charge in [-0.3, -0.25) is 0 Å². The maximum atomic E-state index is 10.8. The Morgan fingerprint density at radius 1 is 1.43 bits per heavy atom. The molecule has 6 nitrogen and oxygen atoms in total. The highest BCUT2D eigenvalue weighted by atomic mass is 32.2. The van der Waals surface area contributed by atoms with Gasteiger partial charge < -0.3 is 9.52 Å². The van der Waals surface area contributed by atoms with E-state index in [9.17, 15) is 4.79 Å². The molecule has 3 heterocycles. The van der Waals surface area contributed by atoms with Crippen molar-refractivity contribution in [2.45, 2.75) is 29.9 Å². The zero-order valence-electron chi connectivity index (χ0n) is 11.5. The molecule has 0 spiro atoms. The van der Waals surface area contributed by atoms with E-state index in [-0.39, 0.29) is 5.76 Å². The molecule has 0 bridgehead atoms. The third-order valence-corrected chi connectivity index (χ3v) is 3.88. The van der Waals surface area contributed by atoms with E-state index < -0.39 is 5.97 Å². The van der Waals surface area contributed by atoms with E-state index in [0.717, 1.165) is 16.2 Å². The first kappa shape index (κ1) is 13.7. The summed E-state index contributed by atoms with van der Waals surface area (Å²) >= 11 is 1.28. The van der Waals surface area contributed by atoms with Crippen molar-refractivity contribution in [2.75, 3.05) is 0 Å². The predicted molar refractivity (Wildman–Crippen MR) is 76.9 cm³/mol. The van der Waals surface area contributed by atoms with Crippen LogP contribution >= 0.6 is 11.8 Å². The van der Waals surface area contributed by atoms with Gasteiger partial charge in [-0.25, -0.2) is 14.3 Å². The van der Waals surface area contributed by atoms with Crippen LogP contribution in [0.5, 0.6) is 0 Å². The standard InChI is InChI=1S/C14H13N3O3S/c1-8(2)9-7-10-13(15-5-6-17(10)16-9)21-12-4-3-11(20-12)14(18)19/h3-8H,1-2H3,(H,18,19). The van der Waals surface area contributed by atoms with E-state index in [1.165, 1.54) is 17.8 Å². The highest BCUT2D eigenvalue weighted by molar-refractivity contribution is 7.99. The van der Waals surface area contributed by atoms with Crippen molar-refractivity contribution in [2.24, 2.45) is 0 Å². The van der Waals surface area contributed by atoms with Crippen LogP contribution in [0.2, 0.25) is 0 Å². The lowest BCUT2D eigenvalue weighted by Gasteiger charge is -1.99. The van der Waals surface area contributed by atoms with Gasteiger partial charge in [0.15, 0.2) is 5.09 Å². The molecule has 0 aromatic carbocycles. The Morgan fingerprint density at radius 3 is 2.90 bits per heavy atom. The third-order valence-electron chi connectivity index (χ3n) is 2.95. The summed E-state index contributed by atoms with van der Waals surface area (Å²) in [5, 5.41) is 14.6. The molecule has 0 fully saturated rings. The quantitative estimate of drug-likeness (QED) is 0.796. The van der Waals surface area contributed by atoms with Crippen LogP contribution < -0.4 is 0 Å². The number of aromatic nitrogens is 3. The molecular weight excluding hydrogens is 290 g/mol. The molecule has 0 saturated heterocycles. The number of carbonyl (C=O) groups is 1. The Balaban J connectivity index is 1.97. The second kappa shape index (κ2) is 5.25. The number of fused-ring (bicyclic) bond motifs is 1. The lowest BCUT2D eigenvalue weighted by atomic mass is 10.1. The van der Waals surface area contributed by atoms with Crippen LogP contribution in [0.4, 0.5) is 0 Å². The summed E-state index contributed by atoms with van der Waals surface area (Å²) in [7, 11) is 0. The Hall–Kier alpha value is -2.28. The van der Waals surface area contributed by atoms with E-state index in [4.69, 9.17) is 9.52 Å². The Kier molecular flexibility index (Phi) is 3.42. The van der Waals surface area contributed by atoms with Crippen LogP contribution in [0.1, 0.15) is 36.0 Å². The minimum Gasteiger partial charge on any atom is -0.475 e. The largest absolute Gasteiger partial charge is 0.475 e. The van der Waals surface area contributed by atoms with E-state index >= 15 is 0 Å². The first-order chi connectivity index (χ1) is 10.0. The summed E-state index contributed by atoms with van der Waals surface area (Å²) in [5.74, 6) is -0.842. The van der Waals surface area contributed by atoms with E-state index in [1.807, 2.05) is 6.07 Å². The zero-order chi connectivity index (χ0) is 15.0. The minimum absolute atomic E-state index is 0.0826. The summed E-state index contributed by atoms with van der Waals surface area (Å²) in [4.78, 5) is 15.1. The van der Waals surface area contributed by atoms with Gasteiger partial charge in [0.2, 0.25) is 5.76 Å². The second-order valence-corrected chi connectivity index (χ2v) is 5.81. The molecule has 0 unspecified atom stereocenters. The molecule has 7 heteroatoms. The van der Waals surface area contributed by atoms with Crippen molar-refractivity contribution in [3.05, 3.63) is 42.0 Å². The molecule has 0 aliphatic rings. The molecule has 1 N–H and O–H groups in total. The van der Waals surface area contributed by atoms with Crippen molar-refractivity contribution in [3.8, 4) is 0 Å². The van der Waals surface area contributed by atoms with Crippen LogP contribution in [-0.2, 0) is 0 Å². The third kappa shape index (κ3) is 2.64. The van der Waals surface area contributed by atoms with Crippen LogP contribution in [0.15, 0.2) is 45.1 Å². The molecule has 108 valence electrons. The van der Waals surface area contributed by atoms with Crippen LogP contribution in [0.3, 0.4) is 0 Å². The van der Waals surface area contributed by atoms with Gasteiger partial charge in [-0.2, -0.15) is 5.10 Å². The van der Waals surface area contributed by atoms with E-state index in [1.54, 1.807) is 23.0 Å². The second-order valence-electron chi connectivity index (χ2n) is 4.81. The molecular formula is C14H13N3O3S. The summed E-state index contributed by atoms with van der Waals surface area (Å²) in [5.41, 5.74) is 1.86. The zero-order valence-corrected chi connectivity index (χ0v) is 12.3. The van der Waals surface area contributed by atoms with Gasteiger partial charge in [-0.15, -0.1) is 0 Å². The number of rotatable bonds is 4. The minimum atomic E-state index is -1.08. The molecule has 0 saturated carbocycles. The van der Waals surface area contributed by atoms with Crippen molar-refractivity contribution in [1.82, 2.24) is 14.6 Å². The van der Waals surface area contributed by atoms with Gasteiger partial charge in [0.05, 0.1) is 11.2 Å². The highest BCUT2D eigenvalue weighted by Crippen LogP contribution is 2.31. The number of carboxylic acids is 1. The van der Waals surface area contributed by atoms with Gasteiger partial charge in [-0.1, -0.05) is 13.8 Å². The molecule has 3 aromatic rings. The fraction of sp³-hybridized carbons (Fsp3) is 0.214. The van der Waals surface area contributed by atoms with Crippen molar-refractivity contribution in [1.29, 1.82) is 0 Å². The lowest BCUT2D eigenvalue weighted by Crippen LogP contribution is -1.92. The first-order valence-electron chi connectivity index (χ1n) is 6.40. The molecule has 0 aliphatic carbocycles. The highest BCUT2D eigenvalue weighted by Gasteiger charge is 2.14. The molecule has 21 heavy (non-hydrogen) atoms. The number of carboxylic acid groups (broad SMARTS) is 1. The average Bonchev–Trinajstić information content (AvgIpc) is 3.05. The monoisotopic (exact) mass is 303 g/mol. The molecule has 3 aromatic heterocycles. The van der Waals surface area contributed by atoms with Crippen molar-refractivity contribution in [3.63, 3.8) is 0 Å². The van der Waals surface area contributed by atoms with Crippen LogP contribution in [0, 0.1) is 0 Å². The molecule has 0 aliphatic heterocycles. The Bertz CT molecular complexity index is 807. The number of aromatic carboxylic acids is 1. The molecule has 3 rings (SSSR count). The maximum absolute atomic E-state index is 10.8. The predicted octanol–water partition coefficient (Wildman–Crippen LogP) is 3.30. The first-order valence-corrected chi connectivity index (χ1v) is 7.21. The maximum Gasteiger partial charge on any atom is 0.371 e. The van der Waals surface area contributed by atoms with Crippen molar-refractivity contribution >= 4 is 23.2 Å². The van der Waals surface area contributed by atoms with E-state index in [2.05, 4.69) is 23.9 Å².